The molecule has 1 heterocycles. The second-order valence-corrected chi connectivity index (χ2v) is 11.3. The smallest absolute Gasteiger partial charge is 0.0670 e. The van der Waals surface area contributed by atoms with Gasteiger partial charge in [0.15, 0.2) is 0 Å². The Labute approximate surface area is 242 Å². The Kier molecular flexibility index (Phi) is 15.0. The number of thioether (sulfide) groups is 1. The molecule has 0 radical (unpaired) electrons. The lowest BCUT2D eigenvalue weighted by atomic mass is 9.97. The molecular formula is C35H50N2OS. The second-order valence-electron chi connectivity index (χ2n) is 10.3. The van der Waals surface area contributed by atoms with Crippen molar-refractivity contribution in [3.8, 4) is 11.1 Å². The quantitative estimate of drug-likeness (QED) is 0.225. The SMILES string of the molecule is CC=N/C(C)=C(/C=C\CCC)C(\N)=C(/C)CC.Cc1cccc(-c2ccccc2)c1CSCC1CCC(C)O1. The molecule has 0 spiro atoms. The van der Waals surface area contributed by atoms with E-state index in [4.69, 9.17) is 10.5 Å². The lowest BCUT2D eigenvalue weighted by Gasteiger charge is -2.15. The summed E-state index contributed by atoms with van der Waals surface area (Å²) in [5.41, 5.74) is 15.8. The summed E-state index contributed by atoms with van der Waals surface area (Å²) in [5, 5.41) is 0. The van der Waals surface area contributed by atoms with Gasteiger partial charge in [-0.25, -0.2) is 0 Å². The zero-order valence-electron chi connectivity index (χ0n) is 25.3. The van der Waals surface area contributed by atoms with Gasteiger partial charge in [0.05, 0.1) is 12.2 Å². The van der Waals surface area contributed by atoms with E-state index in [1.165, 1.54) is 40.7 Å². The third-order valence-corrected chi connectivity index (χ3v) is 8.20. The molecule has 1 saturated heterocycles. The normalized spacial score (nSPS) is 18.6. The Morgan fingerprint density at radius 1 is 1.08 bits per heavy atom. The Balaban J connectivity index is 0.000000285. The van der Waals surface area contributed by atoms with Crippen molar-refractivity contribution in [1.29, 1.82) is 0 Å². The highest BCUT2D eigenvalue weighted by atomic mass is 32.2. The minimum atomic E-state index is 0.448. The summed E-state index contributed by atoms with van der Waals surface area (Å²) >= 11 is 2.00. The second kappa shape index (κ2) is 17.9. The van der Waals surface area contributed by atoms with Crippen LogP contribution >= 0.6 is 11.8 Å². The van der Waals surface area contributed by atoms with Crippen LogP contribution in [0.25, 0.3) is 11.1 Å². The summed E-state index contributed by atoms with van der Waals surface area (Å²) in [6, 6.07) is 17.3. The van der Waals surface area contributed by atoms with Gasteiger partial charge in [-0.1, -0.05) is 81.0 Å². The number of rotatable bonds is 11. The number of nitrogens with two attached hydrogens (primary N) is 1. The first-order valence-corrected chi connectivity index (χ1v) is 15.7. The minimum absolute atomic E-state index is 0.448. The molecule has 2 aromatic rings. The molecule has 39 heavy (non-hydrogen) atoms. The molecule has 2 atom stereocenters. The largest absolute Gasteiger partial charge is 0.398 e. The highest BCUT2D eigenvalue weighted by Crippen LogP contribution is 2.31. The number of benzene rings is 2. The van der Waals surface area contributed by atoms with Crippen LogP contribution in [0.4, 0.5) is 0 Å². The van der Waals surface area contributed by atoms with Gasteiger partial charge in [0, 0.05) is 34.7 Å². The zero-order valence-corrected chi connectivity index (χ0v) is 26.1. The zero-order chi connectivity index (χ0) is 28.6. The first-order valence-electron chi connectivity index (χ1n) is 14.5. The first kappa shape index (κ1) is 32.7. The van der Waals surface area contributed by atoms with Crippen LogP contribution in [0.15, 0.2) is 88.2 Å². The van der Waals surface area contributed by atoms with Gasteiger partial charge in [0.1, 0.15) is 0 Å². The van der Waals surface area contributed by atoms with E-state index in [0.717, 1.165) is 47.7 Å². The summed E-state index contributed by atoms with van der Waals surface area (Å²) in [5.74, 6) is 2.16. The summed E-state index contributed by atoms with van der Waals surface area (Å²) < 4.78 is 5.92. The minimum Gasteiger partial charge on any atom is -0.398 e. The fourth-order valence-corrected chi connectivity index (χ4v) is 5.75. The first-order chi connectivity index (χ1) is 18.8. The average molecular weight is 547 g/mol. The third kappa shape index (κ3) is 10.8. The van der Waals surface area contributed by atoms with Crippen molar-refractivity contribution in [3.05, 3.63) is 94.4 Å². The van der Waals surface area contributed by atoms with Gasteiger partial charge in [-0.3, -0.25) is 4.99 Å². The van der Waals surface area contributed by atoms with Crippen molar-refractivity contribution in [2.75, 3.05) is 5.75 Å². The monoisotopic (exact) mass is 546 g/mol. The van der Waals surface area contributed by atoms with Crippen LogP contribution in [0.3, 0.4) is 0 Å². The van der Waals surface area contributed by atoms with Gasteiger partial charge in [0.2, 0.25) is 0 Å². The number of hydrogen-bond donors (Lipinski definition) is 1. The maximum atomic E-state index is 6.18. The molecule has 0 aromatic heterocycles. The van der Waals surface area contributed by atoms with E-state index in [-0.39, 0.29) is 0 Å². The van der Waals surface area contributed by atoms with Gasteiger partial charge in [-0.15, -0.1) is 0 Å². The molecule has 2 unspecified atom stereocenters. The van der Waals surface area contributed by atoms with E-state index >= 15 is 0 Å². The van der Waals surface area contributed by atoms with Crippen molar-refractivity contribution < 1.29 is 4.74 Å². The van der Waals surface area contributed by atoms with Crippen molar-refractivity contribution in [2.45, 2.75) is 98.5 Å². The number of ether oxygens (including phenoxy) is 1. The molecule has 2 N–H and O–H groups in total. The summed E-state index contributed by atoms with van der Waals surface area (Å²) in [7, 11) is 0. The number of unbranched alkanes of at least 4 members (excludes halogenated alkanes) is 1. The average Bonchev–Trinajstić information content (AvgIpc) is 3.36. The van der Waals surface area contributed by atoms with Crippen LogP contribution in [-0.2, 0) is 10.5 Å². The number of nitrogens with zero attached hydrogens (tertiary/aromatic N) is 1. The molecule has 2 aromatic carbocycles. The van der Waals surface area contributed by atoms with Gasteiger partial charge >= 0.3 is 0 Å². The highest BCUT2D eigenvalue weighted by molar-refractivity contribution is 7.98. The predicted molar refractivity (Wildman–Crippen MR) is 174 cm³/mol. The van der Waals surface area contributed by atoms with E-state index in [1.807, 2.05) is 25.6 Å². The molecular weight excluding hydrogens is 496 g/mol. The Bertz CT molecular complexity index is 1130. The summed E-state index contributed by atoms with van der Waals surface area (Å²) in [6.45, 7) is 14.7. The van der Waals surface area contributed by atoms with Crippen LogP contribution in [-0.4, -0.2) is 24.2 Å². The molecule has 0 amide bonds. The molecule has 1 aliphatic heterocycles. The molecule has 3 rings (SSSR count). The molecule has 1 aliphatic rings. The summed E-state index contributed by atoms with van der Waals surface area (Å²) in [6.07, 6.45) is 12.6. The van der Waals surface area contributed by atoms with Crippen LogP contribution in [0.2, 0.25) is 0 Å². The summed E-state index contributed by atoms with van der Waals surface area (Å²) in [4.78, 5) is 4.33. The van der Waals surface area contributed by atoms with E-state index < -0.39 is 0 Å². The fraction of sp³-hybridized carbons (Fsp3) is 0.457. The van der Waals surface area contributed by atoms with Gasteiger partial charge in [0.25, 0.3) is 0 Å². The molecule has 1 fully saturated rings. The lowest BCUT2D eigenvalue weighted by molar-refractivity contribution is 0.0700. The topological polar surface area (TPSA) is 47.6 Å². The molecule has 3 nitrogen and oxygen atoms in total. The standard InChI is InChI=1S/C20H24OS.C15H26N2/c1-15-7-6-10-19(17-8-4-3-5-9-17)20(15)14-22-13-18-12-11-16(2)21-18;1-6-9-10-11-14(13(5)17-8-3)15(16)12(4)7-2/h3-10,16,18H,11-14H2,1-2H3;8,10-11H,6-7,9,16H2,1-5H3/b;11-10-,14-13-,15-12-,17-8?. The van der Waals surface area contributed by atoms with Gasteiger partial charge in [-0.05, 0) is 88.1 Å². The Hall–Kier alpha value is -2.56. The maximum absolute atomic E-state index is 6.18. The Morgan fingerprint density at radius 3 is 2.44 bits per heavy atom. The fourth-order valence-electron chi connectivity index (χ4n) is 4.54. The van der Waals surface area contributed by atoms with Gasteiger partial charge in [-0.2, -0.15) is 11.8 Å². The molecule has 0 saturated carbocycles. The lowest BCUT2D eigenvalue weighted by Crippen LogP contribution is -2.11. The number of aliphatic imine (C=N–C) groups is 1. The van der Waals surface area contributed by atoms with Crippen molar-refractivity contribution in [3.63, 3.8) is 0 Å². The van der Waals surface area contributed by atoms with Gasteiger partial charge < -0.3 is 10.5 Å². The molecule has 0 aliphatic carbocycles. The molecule has 0 bridgehead atoms. The predicted octanol–water partition coefficient (Wildman–Crippen LogP) is 9.81. The highest BCUT2D eigenvalue weighted by Gasteiger charge is 2.21. The van der Waals surface area contributed by atoms with Crippen LogP contribution in [0.5, 0.6) is 0 Å². The van der Waals surface area contributed by atoms with Crippen molar-refractivity contribution in [2.24, 2.45) is 10.7 Å². The number of allylic oxidation sites excluding steroid dienone is 4. The van der Waals surface area contributed by atoms with E-state index in [9.17, 15) is 0 Å². The molecule has 212 valence electrons. The van der Waals surface area contributed by atoms with Crippen LogP contribution < -0.4 is 5.73 Å². The molecule has 4 heteroatoms. The van der Waals surface area contributed by atoms with Crippen molar-refractivity contribution >= 4 is 18.0 Å². The van der Waals surface area contributed by atoms with Crippen LogP contribution in [0.1, 0.15) is 84.8 Å². The number of aryl methyl sites for hydroxylation is 1. The third-order valence-electron chi connectivity index (χ3n) is 7.10. The van der Waals surface area contributed by atoms with Crippen molar-refractivity contribution in [1.82, 2.24) is 0 Å². The number of hydrogen-bond acceptors (Lipinski definition) is 4. The van der Waals surface area contributed by atoms with Crippen LogP contribution in [0, 0.1) is 6.92 Å². The van der Waals surface area contributed by atoms with E-state index in [0.29, 0.717) is 12.2 Å². The van der Waals surface area contributed by atoms with E-state index in [2.05, 4.69) is 100 Å². The Morgan fingerprint density at radius 2 is 1.82 bits per heavy atom. The maximum Gasteiger partial charge on any atom is 0.0670 e. The van der Waals surface area contributed by atoms with E-state index in [1.54, 1.807) is 6.21 Å².